The molecule has 0 fully saturated rings. The predicted octanol–water partition coefficient (Wildman–Crippen LogP) is 3.33. The molecule has 0 saturated carbocycles. The van der Waals surface area contributed by atoms with Crippen molar-refractivity contribution in [1.29, 1.82) is 0 Å². The minimum absolute atomic E-state index is 0.0156. The van der Waals surface area contributed by atoms with Crippen molar-refractivity contribution >= 4 is 51.2 Å². The van der Waals surface area contributed by atoms with Gasteiger partial charge < -0.3 is 5.32 Å². The molecular formula is C15H10BrClFN3O2. The number of nitrogens with zero attached hydrogens (tertiary/aromatic N) is 1. The van der Waals surface area contributed by atoms with E-state index in [9.17, 15) is 14.0 Å². The van der Waals surface area contributed by atoms with Crippen molar-refractivity contribution in [2.24, 2.45) is 5.10 Å². The third-order valence-corrected chi connectivity index (χ3v) is 3.47. The molecule has 8 heteroatoms. The largest absolute Gasteiger partial charge is 0.329 e. The van der Waals surface area contributed by atoms with E-state index in [0.29, 0.717) is 5.69 Å². The summed E-state index contributed by atoms with van der Waals surface area (Å²) in [6.07, 6.45) is 1.03. The van der Waals surface area contributed by atoms with Gasteiger partial charge in [-0.15, -0.1) is 0 Å². The van der Waals surface area contributed by atoms with Gasteiger partial charge in [0.15, 0.2) is 0 Å². The van der Waals surface area contributed by atoms with Crippen LogP contribution in [0.1, 0.15) is 5.56 Å². The van der Waals surface area contributed by atoms with Crippen LogP contribution in [0.5, 0.6) is 0 Å². The number of hydrazone groups is 1. The zero-order valence-electron chi connectivity index (χ0n) is 11.5. The Hall–Kier alpha value is -2.25. The van der Waals surface area contributed by atoms with E-state index < -0.39 is 17.6 Å². The van der Waals surface area contributed by atoms with Crippen LogP contribution in [0.25, 0.3) is 0 Å². The van der Waals surface area contributed by atoms with Crippen molar-refractivity contribution in [2.45, 2.75) is 0 Å². The average molecular weight is 399 g/mol. The fourth-order valence-corrected chi connectivity index (χ4v) is 2.21. The van der Waals surface area contributed by atoms with Crippen LogP contribution in [0, 0.1) is 5.82 Å². The van der Waals surface area contributed by atoms with Crippen LogP contribution < -0.4 is 10.7 Å². The summed E-state index contributed by atoms with van der Waals surface area (Å²) in [6, 6.07) is 10.9. The topological polar surface area (TPSA) is 70.6 Å². The summed E-state index contributed by atoms with van der Waals surface area (Å²) in [5.41, 5.74) is 2.46. The Morgan fingerprint density at radius 2 is 1.91 bits per heavy atom. The minimum Gasteiger partial charge on any atom is -0.318 e. The molecule has 23 heavy (non-hydrogen) atoms. The maximum absolute atomic E-state index is 13.5. The SMILES string of the molecule is O=C(N/N=C/c1c(F)cccc1Cl)C(=O)Nc1cccc(Br)c1. The quantitative estimate of drug-likeness (QED) is 0.473. The Morgan fingerprint density at radius 1 is 1.17 bits per heavy atom. The lowest BCUT2D eigenvalue weighted by molar-refractivity contribution is -0.136. The molecule has 0 aliphatic carbocycles. The Labute approximate surface area is 144 Å². The normalized spacial score (nSPS) is 10.6. The molecule has 2 aromatic carbocycles. The molecule has 2 rings (SSSR count). The van der Waals surface area contributed by atoms with Crippen LogP contribution in [-0.4, -0.2) is 18.0 Å². The van der Waals surface area contributed by atoms with Gasteiger partial charge in [-0.3, -0.25) is 9.59 Å². The van der Waals surface area contributed by atoms with Crippen LogP contribution in [0.2, 0.25) is 5.02 Å². The number of amides is 2. The van der Waals surface area contributed by atoms with Gasteiger partial charge in [-0.1, -0.05) is 39.7 Å². The maximum Gasteiger partial charge on any atom is 0.329 e. The highest BCUT2D eigenvalue weighted by Crippen LogP contribution is 2.17. The molecule has 0 aliphatic heterocycles. The van der Waals surface area contributed by atoms with Gasteiger partial charge in [0.25, 0.3) is 0 Å². The molecule has 0 spiro atoms. The van der Waals surface area contributed by atoms with Gasteiger partial charge >= 0.3 is 11.8 Å². The van der Waals surface area contributed by atoms with E-state index in [-0.39, 0.29) is 10.6 Å². The van der Waals surface area contributed by atoms with Gasteiger partial charge in [0, 0.05) is 15.7 Å². The van der Waals surface area contributed by atoms with Gasteiger partial charge in [-0.2, -0.15) is 5.10 Å². The van der Waals surface area contributed by atoms with Crippen LogP contribution in [0.3, 0.4) is 0 Å². The standard InChI is InChI=1S/C15H10BrClFN3O2/c16-9-3-1-4-10(7-9)20-14(22)15(23)21-19-8-11-12(17)5-2-6-13(11)18/h1-8H,(H,20,22)(H,21,23)/b19-8+. The smallest absolute Gasteiger partial charge is 0.318 e. The number of carbonyl (C=O) groups excluding carboxylic acids is 2. The van der Waals surface area contributed by atoms with Gasteiger partial charge in [-0.05, 0) is 30.3 Å². The van der Waals surface area contributed by atoms with Crippen molar-refractivity contribution in [2.75, 3.05) is 5.32 Å². The number of benzene rings is 2. The fraction of sp³-hybridized carbons (Fsp3) is 0. The van der Waals surface area contributed by atoms with E-state index in [4.69, 9.17) is 11.6 Å². The highest BCUT2D eigenvalue weighted by molar-refractivity contribution is 9.10. The lowest BCUT2D eigenvalue weighted by Gasteiger charge is -2.04. The lowest BCUT2D eigenvalue weighted by Crippen LogP contribution is -2.32. The summed E-state index contributed by atoms with van der Waals surface area (Å²) in [4.78, 5) is 23.3. The second kappa shape index (κ2) is 7.85. The maximum atomic E-state index is 13.5. The number of anilines is 1. The first kappa shape index (κ1) is 17.1. The van der Waals surface area contributed by atoms with Crippen LogP contribution in [0.4, 0.5) is 10.1 Å². The van der Waals surface area contributed by atoms with Crippen LogP contribution in [-0.2, 0) is 9.59 Å². The fourth-order valence-electron chi connectivity index (χ4n) is 1.59. The van der Waals surface area contributed by atoms with E-state index >= 15 is 0 Å². The molecule has 0 heterocycles. The van der Waals surface area contributed by atoms with Gasteiger partial charge in [-0.25, -0.2) is 9.82 Å². The molecule has 118 valence electrons. The summed E-state index contributed by atoms with van der Waals surface area (Å²) in [5.74, 6) is -2.48. The van der Waals surface area contributed by atoms with Crippen molar-refractivity contribution < 1.29 is 14.0 Å². The first-order valence-corrected chi connectivity index (χ1v) is 7.48. The molecule has 5 nitrogen and oxygen atoms in total. The second-order valence-electron chi connectivity index (χ2n) is 4.30. The van der Waals surface area contributed by atoms with Crippen LogP contribution >= 0.6 is 27.5 Å². The molecule has 0 bridgehead atoms. The molecule has 2 amide bonds. The average Bonchev–Trinajstić information content (AvgIpc) is 2.50. The first-order valence-electron chi connectivity index (χ1n) is 6.31. The van der Waals surface area contributed by atoms with E-state index in [1.165, 1.54) is 18.2 Å². The molecule has 0 aliphatic rings. The molecule has 0 aromatic heterocycles. The monoisotopic (exact) mass is 397 g/mol. The van der Waals surface area contributed by atoms with Crippen molar-refractivity contribution in [1.82, 2.24) is 5.43 Å². The van der Waals surface area contributed by atoms with Crippen molar-refractivity contribution in [3.63, 3.8) is 0 Å². The number of rotatable bonds is 3. The summed E-state index contributed by atoms with van der Waals surface area (Å²) in [7, 11) is 0. The van der Waals surface area contributed by atoms with Crippen LogP contribution in [0.15, 0.2) is 52.0 Å². The van der Waals surface area contributed by atoms with E-state index in [1.807, 2.05) is 5.43 Å². The third kappa shape index (κ3) is 4.87. The molecule has 2 aromatic rings. The van der Waals surface area contributed by atoms with Gasteiger partial charge in [0.05, 0.1) is 11.2 Å². The Kier molecular flexibility index (Phi) is 5.84. The molecule has 2 N–H and O–H groups in total. The third-order valence-electron chi connectivity index (χ3n) is 2.65. The summed E-state index contributed by atoms with van der Waals surface area (Å²) in [6.45, 7) is 0. The minimum atomic E-state index is -0.992. The summed E-state index contributed by atoms with van der Waals surface area (Å²) in [5, 5.41) is 6.06. The van der Waals surface area contributed by atoms with E-state index in [2.05, 4.69) is 26.3 Å². The Morgan fingerprint density at radius 3 is 2.61 bits per heavy atom. The highest BCUT2D eigenvalue weighted by Gasteiger charge is 2.13. The Balaban J connectivity index is 1.96. The lowest BCUT2D eigenvalue weighted by atomic mass is 10.2. The molecular weight excluding hydrogens is 389 g/mol. The van der Waals surface area contributed by atoms with Crippen molar-refractivity contribution in [3.05, 3.63) is 63.3 Å². The second-order valence-corrected chi connectivity index (χ2v) is 5.62. The van der Waals surface area contributed by atoms with Gasteiger partial charge in [0.2, 0.25) is 0 Å². The van der Waals surface area contributed by atoms with Gasteiger partial charge in [0.1, 0.15) is 5.82 Å². The molecule has 0 saturated heterocycles. The van der Waals surface area contributed by atoms with E-state index in [0.717, 1.165) is 10.7 Å². The summed E-state index contributed by atoms with van der Waals surface area (Å²) < 4.78 is 14.2. The zero-order chi connectivity index (χ0) is 16.8. The highest BCUT2D eigenvalue weighted by atomic mass is 79.9. The zero-order valence-corrected chi connectivity index (χ0v) is 13.9. The number of hydrogen-bond donors (Lipinski definition) is 2. The number of hydrogen-bond acceptors (Lipinski definition) is 3. The van der Waals surface area contributed by atoms with Crippen molar-refractivity contribution in [3.8, 4) is 0 Å². The molecule has 0 atom stereocenters. The predicted molar refractivity (Wildman–Crippen MR) is 89.9 cm³/mol. The summed E-state index contributed by atoms with van der Waals surface area (Å²) >= 11 is 9.05. The first-order chi connectivity index (χ1) is 11.0. The number of nitrogens with one attached hydrogen (secondary N) is 2. The number of carbonyl (C=O) groups is 2. The molecule has 0 radical (unpaired) electrons. The molecule has 0 unspecified atom stereocenters. The number of halogens is 3. The Bertz CT molecular complexity index is 763. The van der Waals surface area contributed by atoms with E-state index in [1.54, 1.807) is 24.3 Å².